The smallest absolute Gasteiger partial charge is 0.282 e. The van der Waals surface area contributed by atoms with Crippen LogP contribution in [0.2, 0.25) is 0 Å². The second-order valence-electron chi connectivity index (χ2n) is 6.40. The zero-order chi connectivity index (χ0) is 14.7. The van der Waals surface area contributed by atoms with Crippen LogP contribution < -0.4 is 5.32 Å². The van der Waals surface area contributed by atoms with E-state index in [9.17, 15) is 8.42 Å². The fourth-order valence-electron chi connectivity index (χ4n) is 3.69. The second kappa shape index (κ2) is 6.91. The van der Waals surface area contributed by atoms with Gasteiger partial charge in [-0.3, -0.25) is 4.90 Å². The summed E-state index contributed by atoms with van der Waals surface area (Å²) < 4.78 is 28.9. The van der Waals surface area contributed by atoms with Crippen molar-refractivity contribution in [3.05, 3.63) is 0 Å². The summed E-state index contributed by atoms with van der Waals surface area (Å²) in [6, 6.07) is 0.605. The summed E-state index contributed by atoms with van der Waals surface area (Å²) in [5.41, 5.74) is 0. The molecule has 0 aromatic rings. The van der Waals surface area contributed by atoms with Gasteiger partial charge < -0.3 is 5.32 Å². The average molecular weight is 316 g/mol. The van der Waals surface area contributed by atoms with Gasteiger partial charge >= 0.3 is 0 Å². The zero-order valence-corrected chi connectivity index (χ0v) is 13.7. The SMILES string of the molecule is O=S(=O)(N1CCCCCC1)N1CCN(C2CCNC2)CC1. The topological polar surface area (TPSA) is 55.9 Å². The summed E-state index contributed by atoms with van der Waals surface area (Å²) in [6.45, 7) is 6.60. The first-order valence-corrected chi connectivity index (χ1v) is 9.77. The zero-order valence-electron chi connectivity index (χ0n) is 12.8. The number of hydrogen-bond acceptors (Lipinski definition) is 4. The van der Waals surface area contributed by atoms with Crippen molar-refractivity contribution in [1.29, 1.82) is 0 Å². The normalized spacial score (nSPS) is 31.3. The molecule has 3 saturated heterocycles. The molecule has 0 amide bonds. The fraction of sp³-hybridized carbons (Fsp3) is 1.00. The highest BCUT2D eigenvalue weighted by Gasteiger charge is 2.34. The summed E-state index contributed by atoms with van der Waals surface area (Å²) in [4.78, 5) is 2.45. The monoisotopic (exact) mass is 316 g/mol. The van der Waals surface area contributed by atoms with Crippen molar-refractivity contribution in [2.24, 2.45) is 0 Å². The summed E-state index contributed by atoms with van der Waals surface area (Å²) in [7, 11) is -3.23. The van der Waals surface area contributed by atoms with Crippen molar-refractivity contribution in [2.75, 3.05) is 52.4 Å². The van der Waals surface area contributed by atoms with Crippen molar-refractivity contribution in [3.8, 4) is 0 Å². The van der Waals surface area contributed by atoms with Crippen LogP contribution in [0.1, 0.15) is 32.1 Å². The first kappa shape index (κ1) is 15.7. The Balaban J connectivity index is 1.57. The van der Waals surface area contributed by atoms with Gasteiger partial charge in [-0.15, -0.1) is 0 Å². The van der Waals surface area contributed by atoms with Gasteiger partial charge in [-0.05, 0) is 25.8 Å². The Morgan fingerprint density at radius 3 is 2.00 bits per heavy atom. The van der Waals surface area contributed by atoms with Gasteiger partial charge in [0, 0.05) is 51.9 Å². The van der Waals surface area contributed by atoms with Crippen LogP contribution >= 0.6 is 0 Å². The molecule has 3 heterocycles. The van der Waals surface area contributed by atoms with E-state index >= 15 is 0 Å². The first-order valence-electron chi connectivity index (χ1n) is 8.38. The Bertz CT molecular complexity index is 420. The Labute approximate surface area is 128 Å². The molecule has 3 aliphatic heterocycles. The molecule has 7 heteroatoms. The van der Waals surface area contributed by atoms with Gasteiger partial charge in [0.2, 0.25) is 0 Å². The minimum absolute atomic E-state index is 0.605. The molecular formula is C14H28N4O2S. The molecule has 1 atom stereocenters. The maximum atomic E-state index is 12.7. The van der Waals surface area contributed by atoms with Crippen LogP contribution in [-0.2, 0) is 10.2 Å². The molecule has 0 radical (unpaired) electrons. The average Bonchev–Trinajstić information content (AvgIpc) is 2.89. The molecule has 0 aromatic carbocycles. The van der Waals surface area contributed by atoms with Crippen LogP contribution in [0.5, 0.6) is 0 Å². The van der Waals surface area contributed by atoms with Gasteiger partial charge in [0.15, 0.2) is 0 Å². The molecule has 0 bridgehead atoms. The third-order valence-corrected chi connectivity index (χ3v) is 7.08. The largest absolute Gasteiger partial charge is 0.315 e. The molecule has 3 aliphatic rings. The lowest BCUT2D eigenvalue weighted by molar-refractivity contribution is 0.141. The van der Waals surface area contributed by atoms with Crippen LogP contribution in [-0.4, -0.2) is 80.3 Å². The lowest BCUT2D eigenvalue weighted by Gasteiger charge is -2.38. The molecule has 0 spiro atoms. The van der Waals surface area contributed by atoms with E-state index < -0.39 is 10.2 Å². The third-order valence-electron chi connectivity index (χ3n) is 5.04. The molecule has 6 nitrogen and oxygen atoms in total. The first-order chi connectivity index (χ1) is 10.2. The number of rotatable bonds is 3. The van der Waals surface area contributed by atoms with Crippen LogP contribution in [0.3, 0.4) is 0 Å². The lowest BCUT2D eigenvalue weighted by Crippen LogP contribution is -2.55. The van der Waals surface area contributed by atoms with Crippen LogP contribution in [0.25, 0.3) is 0 Å². The van der Waals surface area contributed by atoms with Gasteiger partial charge in [-0.2, -0.15) is 17.0 Å². The predicted molar refractivity (Wildman–Crippen MR) is 83.4 cm³/mol. The van der Waals surface area contributed by atoms with Crippen molar-refractivity contribution in [1.82, 2.24) is 18.8 Å². The van der Waals surface area contributed by atoms with Gasteiger partial charge in [0.25, 0.3) is 10.2 Å². The van der Waals surface area contributed by atoms with Crippen molar-refractivity contribution in [2.45, 2.75) is 38.1 Å². The maximum Gasteiger partial charge on any atom is 0.282 e. The number of nitrogens with one attached hydrogen (secondary N) is 1. The Kier molecular flexibility index (Phi) is 5.16. The van der Waals surface area contributed by atoms with E-state index in [1.165, 1.54) is 6.42 Å². The minimum atomic E-state index is -3.23. The molecule has 1 N–H and O–H groups in total. The maximum absolute atomic E-state index is 12.7. The van der Waals surface area contributed by atoms with Crippen LogP contribution in [0.15, 0.2) is 0 Å². The molecule has 3 rings (SSSR count). The predicted octanol–water partition coefficient (Wildman–Crippen LogP) is 0.0867. The number of piperazine rings is 1. The molecule has 0 aliphatic carbocycles. The number of nitrogens with zero attached hydrogens (tertiary/aromatic N) is 3. The molecular weight excluding hydrogens is 288 g/mol. The van der Waals surface area contributed by atoms with E-state index in [1.807, 2.05) is 0 Å². The summed E-state index contributed by atoms with van der Waals surface area (Å²) in [6.07, 6.45) is 5.53. The molecule has 21 heavy (non-hydrogen) atoms. The summed E-state index contributed by atoms with van der Waals surface area (Å²) >= 11 is 0. The van der Waals surface area contributed by atoms with Gasteiger partial charge in [-0.1, -0.05) is 12.8 Å². The van der Waals surface area contributed by atoms with Gasteiger partial charge in [0.05, 0.1) is 0 Å². The quantitative estimate of drug-likeness (QED) is 0.802. The molecule has 122 valence electrons. The fourth-order valence-corrected chi connectivity index (χ4v) is 5.36. The molecule has 0 saturated carbocycles. The van der Waals surface area contributed by atoms with Crippen molar-refractivity contribution >= 4 is 10.2 Å². The highest BCUT2D eigenvalue weighted by atomic mass is 32.2. The van der Waals surface area contributed by atoms with E-state index in [0.717, 1.165) is 51.9 Å². The highest BCUT2D eigenvalue weighted by Crippen LogP contribution is 2.19. The standard InChI is InChI=1S/C14H28N4O2S/c19-21(20,17-7-3-1-2-4-8-17)18-11-9-16(10-12-18)14-5-6-15-13-14/h14-15H,1-13H2. The molecule has 1 unspecified atom stereocenters. The molecule has 3 fully saturated rings. The Morgan fingerprint density at radius 1 is 0.810 bits per heavy atom. The summed E-state index contributed by atoms with van der Waals surface area (Å²) in [5, 5.41) is 3.39. The van der Waals surface area contributed by atoms with Gasteiger partial charge in [0.1, 0.15) is 0 Å². The van der Waals surface area contributed by atoms with Crippen molar-refractivity contribution in [3.63, 3.8) is 0 Å². The van der Waals surface area contributed by atoms with Crippen molar-refractivity contribution < 1.29 is 8.42 Å². The molecule has 0 aromatic heterocycles. The Morgan fingerprint density at radius 2 is 1.43 bits per heavy atom. The minimum Gasteiger partial charge on any atom is -0.315 e. The lowest BCUT2D eigenvalue weighted by atomic mass is 10.2. The van der Waals surface area contributed by atoms with E-state index in [4.69, 9.17) is 0 Å². The third kappa shape index (κ3) is 3.59. The van der Waals surface area contributed by atoms with E-state index in [0.29, 0.717) is 32.2 Å². The van der Waals surface area contributed by atoms with Gasteiger partial charge in [-0.25, -0.2) is 0 Å². The van der Waals surface area contributed by atoms with E-state index in [1.54, 1.807) is 8.61 Å². The summed E-state index contributed by atoms with van der Waals surface area (Å²) in [5.74, 6) is 0. The highest BCUT2D eigenvalue weighted by molar-refractivity contribution is 7.86. The van der Waals surface area contributed by atoms with E-state index in [-0.39, 0.29) is 0 Å². The number of hydrogen-bond donors (Lipinski definition) is 1. The van der Waals surface area contributed by atoms with E-state index in [2.05, 4.69) is 10.2 Å². The Hall–Kier alpha value is -0.210. The second-order valence-corrected chi connectivity index (χ2v) is 8.33. The van der Waals surface area contributed by atoms with Crippen LogP contribution in [0, 0.1) is 0 Å². The van der Waals surface area contributed by atoms with Crippen LogP contribution in [0.4, 0.5) is 0 Å².